The predicted molar refractivity (Wildman–Crippen MR) is 93.0 cm³/mol. The summed E-state index contributed by atoms with van der Waals surface area (Å²) in [5, 5.41) is 3.32. The zero-order valence-electron chi connectivity index (χ0n) is 13.8. The van der Waals surface area contributed by atoms with E-state index in [0.29, 0.717) is 24.7 Å². The molecule has 7 heteroatoms. The number of aromatic nitrogens is 3. The molecule has 1 spiro atoms. The van der Waals surface area contributed by atoms with Gasteiger partial charge in [-0.3, -0.25) is 10.00 Å². The molecular formula is C17H22N4O2S. The second kappa shape index (κ2) is 6.40. The van der Waals surface area contributed by atoms with Crippen molar-refractivity contribution in [3.63, 3.8) is 0 Å². The van der Waals surface area contributed by atoms with Crippen LogP contribution in [0.2, 0.25) is 0 Å². The van der Waals surface area contributed by atoms with Crippen molar-refractivity contribution in [1.29, 1.82) is 0 Å². The zero-order valence-corrected chi connectivity index (χ0v) is 14.6. The smallest absolute Gasteiger partial charge is 0.217 e. The number of nitrogens with one attached hydrogen (secondary N) is 1. The summed E-state index contributed by atoms with van der Waals surface area (Å²) in [6.45, 7) is 6.08. The van der Waals surface area contributed by atoms with Crippen molar-refractivity contribution in [1.82, 2.24) is 19.7 Å². The van der Waals surface area contributed by atoms with E-state index in [1.807, 2.05) is 4.68 Å². The molecule has 0 amide bonds. The van der Waals surface area contributed by atoms with Crippen LogP contribution in [0, 0.1) is 11.7 Å². The van der Waals surface area contributed by atoms with Crippen LogP contribution < -0.4 is 0 Å². The van der Waals surface area contributed by atoms with Gasteiger partial charge < -0.3 is 9.47 Å². The van der Waals surface area contributed by atoms with Gasteiger partial charge in [-0.25, -0.2) is 4.68 Å². The number of nitrogens with zero attached hydrogens (tertiary/aromatic N) is 3. The fourth-order valence-corrected chi connectivity index (χ4v) is 3.51. The molecule has 1 aromatic carbocycles. The summed E-state index contributed by atoms with van der Waals surface area (Å²) >= 11 is 5.41. The highest BCUT2D eigenvalue weighted by molar-refractivity contribution is 7.71. The summed E-state index contributed by atoms with van der Waals surface area (Å²) in [6.07, 6.45) is 1.80. The topological polar surface area (TPSA) is 55.3 Å². The maximum atomic E-state index is 5.78. The SMILES string of the molecule is Cc1ccc(-c2nc(=S)n(CN3CCC4(CC3)OCCO4)[nH]2)cc1. The molecule has 3 heterocycles. The number of rotatable bonds is 3. The van der Waals surface area contributed by atoms with E-state index in [-0.39, 0.29) is 5.79 Å². The summed E-state index contributed by atoms with van der Waals surface area (Å²) in [5.41, 5.74) is 2.28. The van der Waals surface area contributed by atoms with E-state index in [2.05, 4.69) is 46.2 Å². The normalized spacial score (nSPS) is 20.7. The van der Waals surface area contributed by atoms with Crippen molar-refractivity contribution in [3.8, 4) is 11.4 Å². The summed E-state index contributed by atoms with van der Waals surface area (Å²) in [5.74, 6) is 0.481. The van der Waals surface area contributed by atoms with Crippen LogP contribution in [-0.2, 0) is 16.1 Å². The van der Waals surface area contributed by atoms with Gasteiger partial charge in [0.2, 0.25) is 4.77 Å². The lowest BCUT2D eigenvalue weighted by Gasteiger charge is -2.37. The molecule has 1 aromatic heterocycles. The first-order valence-electron chi connectivity index (χ1n) is 8.38. The minimum Gasteiger partial charge on any atom is -0.347 e. The maximum absolute atomic E-state index is 5.78. The van der Waals surface area contributed by atoms with Crippen LogP contribution in [0.4, 0.5) is 0 Å². The molecule has 6 nitrogen and oxygen atoms in total. The van der Waals surface area contributed by atoms with Crippen molar-refractivity contribution in [2.24, 2.45) is 0 Å². The first-order chi connectivity index (χ1) is 11.6. The highest BCUT2D eigenvalue weighted by atomic mass is 32.1. The van der Waals surface area contributed by atoms with Crippen LogP contribution in [0.15, 0.2) is 24.3 Å². The summed E-state index contributed by atoms with van der Waals surface area (Å²) in [7, 11) is 0. The highest BCUT2D eigenvalue weighted by Gasteiger charge is 2.39. The molecule has 1 N–H and O–H groups in total. The molecule has 2 aliphatic heterocycles. The summed E-state index contributed by atoms with van der Waals surface area (Å²) < 4.78 is 14.1. The number of hydrogen-bond donors (Lipinski definition) is 1. The monoisotopic (exact) mass is 346 g/mol. The Morgan fingerprint density at radius 2 is 1.83 bits per heavy atom. The lowest BCUT2D eigenvalue weighted by molar-refractivity contribution is -0.187. The van der Waals surface area contributed by atoms with E-state index in [0.717, 1.165) is 37.3 Å². The lowest BCUT2D eigenvalue weighted by Crippen LogP contribution is -2.45. The molecular weight excluding hydrogens is 324 g/mol. The highest BCUT2D eigenvalue weighted by Crippen LogP contribution is 2.31. The Morgan fingerprint density at radius 3 is 2.50 bits per heavy atom. The van der Waals surface area contributed by atoms with Crippen molar-refractivity contribution < 1.29 is 9.47 Å². The average Bonchev–Trinajstić information content (AvgIpc) is 3.18. The Labute approximate surface area is 146 Å². The van der Waals surface area contributed by atoms with Crippen LogP contribution >= 0.6 is 12.2 Å². The van der Waals surface area contributed by atoms with Gasteiger partial charge in [-0.05, 0) is 19.1 Å². The first kappa shape index (κ1) is 16.0. The van der Waals surface area contributed by atoms with E-state index in [9.17, 15) is 0 Å². The quantitative estimate of drug-likeness (QED) is 0.866. The van der Waals surface area contributed by atoms with Gasteiger partial charge in [-0.1, -0.05) is 29.8 Å². The largest absolute Gasteiger partial charge is 0.347 e. The van der Waals surface area contributed by atoms with Crippen molar-refractivity contribution >= 4 is 12.2 Å². The number of benzene rings is 1. The Hall–Kier alpha value is -1.54. The zero-order chi connectivity index (χ0) is 16.6. The van der Waals surface area contributed by atoms with E-state index in [1.165, 1.54) is 5.56 Å². The van der Waals surface area contributed by atoms with Gasteiger partial charge in [0.15, 0.2) is 11.6 Å². The van der Waals surface area contributed by atoms with E-state index >= 15 is 0 Å². The second-order valence-corrected chi connectivity index (χ2v) is 6.88. The molecule has 0 radical (unpaired) electrons. The fourth-order valence-electron chi connectivity index (χ4n) is 3.31. The van der Waals surface area contributed by atoms with Crippen molar-refractivity contribution in [2.75, 3.05) is 26.3 Å². The minimum absolute atomic E-state index is 0.334. The molecule has 2 aromatic rings. The Kier molecular flexibility index (Phi) is 4.26. The summed E-state index contributed by atoms with van der Waals surface area (Å²) in [6, 6.07) is 8.28. The van der Waals surface area contributed by atoms with Crippen LogP contribution in [0.3, 0.4) is 0 Å². The van der Waals surface area contributed by atoms with Gasteiger partial charge in [-0.2, -0.15) is 4.98 Å². The second-order valence-electron chi connectivity index (χ2n) is 6.52. The van der Waals surface area contributed by atoms with Crippen LogP contribution in [-0.4, -0.2) is 51.8 Å². The minimum atomic E-state index is -0.334. The number of likely N-dealkylation sites (tertiary alicyclic amines) is 1. The molecule has 2 aliphatic rings. The standard InChI is InChI=1S/C17H22N4O2S/c1-13-2-4-14(5-3-13)15-18-16(24)21(19-15)12-20-8-6-17(7-9-20)22-10-11-23-17/h2-5H,6-12H2,1H3,(H,18,19,24). The van der Waals surface area contributed by atoms with E-state index in [4.69, 9.17) is 21.7 Å². The third-order valence-electron chi connectivity index (χ3n) is 4.78. The van der Waals surface area contributed by atoms with E-state index < -0.39 is 0 Å². The van der Waals surface area contributed by atoms with Gasteiger partial charge in [0.1, 0.15) is 0 Å². The Balaban J connectivity index is 1.44. The van der Waals surface area contributed by atoms with Gasteiger partial charge >= 0.3 is 0 Å². The average molecular weight is 346 g/mol. The van der Waals surface area contributed by atoms with Crippen LogP contribution in [0.5, 0.6) is 0 Å². The molecule has 4 rings (SSSR count). The molecule has 2 fully saturated rings. The number of ether oxygens (including phenoxy) is 2. The van der Waals surface area contributed by atoms with E-state index in [1.54, 1.807) is 0 Å². The van der Waals surface area contributed by atoms with Gasteiger partial charge in [-0.15, -0.1) is 0 Å². The molecule has 0 aliphatic carbocycles. The number of hydrogen-bond acceptors (Lipinski definition) is 5. The Bertz CT molecular complexity index is 752. The third-order valence-corrected chi connectivity index (χ3v) is 5.09. The number of aryl methyl sites for hydroxylation is 1. The van der Waals surface area contributed by atoms with Gasteiger partial charge in [0, 0.05) is 31.5 Å². The summed E-state index contributed by atoms with van der Waals surface area (Å²) in [4.78, 5) is 6.84. The first-order valence-corrected chi connectivity index (χ1v) is 8.79. The fraction of sp³-hybridized carbons (Fsp3) is 0.529. The lowest BCUT2D eigenvalue weighted by atomic mass is 10.0. The Morgan fingerprint density at radius 1 is 1.17 bits per heavy atom. The molecule has 2 saturated heterocycles. The van der Waals surface area contributed by atoms with Gasteiger partial charge in [0.25, 0.3) is 0 Å². The third kappa shape index (κ3) is 3.17. The molecule has 24 heavy (non-hydrogen) atoms. The van der Waals surface area contributed by atoms with Gasteiger partial charge in [0.05, 0.1) is 19.9 Å². The molecule has 128 valence electrons. The maximum Gasteiger partial charge on any atom is 0.217 e. The number of aromatic amines is 1. The number of H-pyrrole nitrogens is 1. The van der Waals surface area contributed by atoms with Crippen molar-refractivity contribution in [3.05, 3.63) is 34.6 Å². The number of piperidine rings is 1. The van der Waals surface area contributed by atoms with Crippen LogP contribution in [0.1, 0.15) is 18.4 Å². The molecule has 0 bridgehead atoms. The molecule has 0 unspecified atom stereocenters. The van der Waals surface area contributed by atoms with Crippen LogP contribution in [0.25, 0.3) is 11.4 Å². The van der Waals surface area contributed by atoms with Crippen molar-refractivity contribution in [2.45, 2.75) is 32.2 Å². The predicted octanol–water partition coefficient (Wildman–Crippen LogP) is 2.71. The molecule has 0 atom stereocenters. The molecule has 0 saturated carbocycles.